The van der Waals surface area contributed by atoms with E-state index in [9.17, 15) is 4.79 Å². The third kappa shape index (κ3) is 3.04. The zero-order valence-corrected chi connectivity index (χ0v) is 16.0. The van der Waals surface area contributed by atoms with Gasteiger partial charge in [0.1, 0.15) is 4.83 Å². The molecule has 3 heterocycles. The minimum Gasteiger partial charge on any atom is -0.338 e. The maximum Gasteiger partial charge on any atom is 0.264 e. The lowest BCUT2D eigenvalue weighted by atomic mass is 9.91. The summed E-state index contributed by atoms with van der Waals surface area (Å²) in [6.45, 7) is 5.65. The van der Waals surface area contributed by atoms with Gasteiger partial charge in [0.2, 0.25) is 0 Å². The molecule has 0 radical (unpaired) electrons. The van der Waals surface area contributed by atoms with Gasteiger partial charge >= 0.3 is 0 Å². The molecule has 1 fully saturated rings. The molecule has 0 spiro atoms. The molecular weight excluding hydrogens is 344 g/mol. The van der Waals surface area contributed by atoms with Crippen molar-refractivity contribution in [3.63, 3.8) is 0 Å². The second-order valence-corrected chi connectivity index (χ2v) is 8.18. The number of nitrogens with two attached hydrogens (primary N) is 1. The van der Waals surface area contributed by atoms with Crippen LogP contribution < -0.4 is 5.73 Å². The fourth-order valence-electron chi connectivity index (χ4n) is 3.68. The third-order valence-corrected chi connectivity index (χ3v) is 6.43. The largest absolute Gasteiger partial charge is 0.338 e. The van der Waals surface area contributed by atoms with Crippen LogP contribution in [-0.2, 0) is 0 Å². The predicted octanol–water partition coefficient (Wildman–Crippen LogP) is 3.59. The number of amides is 1. The van der Waals surface area contributed by atoms with Gasteiger partial charge in [0.25, 0.3) is 5.91 Å². The van der Waals surface area contributed by atoms with Gasteiger partial charge in [-0.15, -0.1) is 11.3 Å². The first kappa shape index (κ1) is 17.2. The highest BCUT2D eigenvalue weighted by Gasteiger charge is 2.27. The highest BCUT2D eigenvalue weighted by Crippen LogP contribution is 2.32. The van der Waals surface area contributed by atoms with E-state index in [4.69, 9.17) is 5.73 Å². The van der Waals surface area contributed by atoms with Crippen LogP contribution in [0.1, 0.15) is 35.1 Å². The first-order valence-corrected chi connectivity index (χ1v) is 9.95. The number of carbonyl (C=O) groups is 1. The Bertz CT molecular complexity index is 920. The molecule has 0 saturated carbocycles. The van der Waals surface area contributed by atoms with Gasteiger partial charge in [0, 0.05) is 24.5 Å². The van der Waals surface area contributed by atoms with E-state index in [0.717, 1.165) is 52.4 Å². The number of piperidine rings is 1. The number of thiophene rings is 1. The molecule has 6 heteroatoms. The number of rotatable bonds is 3. The molecule has 1 aliphatic rings. The first-order chi connectivity index (χ1) is 12.5. The monoisotopic (exact) mass is 368 g/mol. The van der Waals surface area contributed by atoms with Gasteiger partial charge in [0.15, 0.2) is 0 Å². The lowest BCUT2D eigenvalue weighted by Gasteiger charge is -2.33. The van der Waals surface area contributed by atoms with E-state index in [0.29, 0.717) is 5.92 Å². The number of hydrogen-bond acceptors (Lipinski definition) is 4. The van der Waals surface area contributed by atoms with E-state index in [2.05, 4.69) is 12.0 Å². The Morgan fingerprint density at radius 3 is 2.62 bits per heavy atom. The van der Waals surface area contributed by atoms with E-state index in [1.165, 1.54) is 11.3 Å². The summed E-state index contributed by atoms with van der Waals surface area (Å²) in [6, 6.07) is 12.3. The van der Waals surface area contributed by atoms with Crippen LogP contribution in [0.4, 0.5) is 0 Å². The molecule has 2 aromatic heterocycles. The predicted molar refractivity (Wildman–Crippen MR) is 106 cm³/mol. The highest BCUT2D eigenvalue weighted by molar-refractivity contribution is 7.20. The molecular formula is C20H24N4OS. The number of hydrogen-bond donors (Lipinski definition) is 1. The summed E-state index contributed by atoms with van der Waals surface area (Å²) < 4.78 is 1.94. The second kappa shape index (κ2) is 6.85. The molecule has 4 rings (SSSR count). The average molecular weight is 369 g/mol. The quantitative estimate of drug-likeness (QED) is 0.768. The van der Waals surface area contributed by atoms with Crippen molar-refractivity contribution in [1.82, 2.24) is 14.7 Å². The molecule has 3 aromatic rings. The van der Waals surface area contributed by atoms with E-state index in [1.807, 2.05) is 52.9 Å². The number of fused-ring (bicyclic) bond motifs is 1. The van der Waals surface area contributed by atoms with Crippen molar-refractivity contribution in [2.24, 2.45) is 11.7 Å². The molecule has 136 valence electrons. The van der Waals surface area contributed by atoms with E-state index < -0.39 is 0 Å². The van der Waals surface area contributed by atoms with Gasteiger partial charge in [-0.05, 0) is 50.8 Å². The van der Waals surface area contributed by atoms with Gasteiger partial charge in [-0.2, -0.15) is 5.10 Å². The summed E-state index contributed by atoms with van der Waals surface area (Å²) in [5.41, 5.74) is 7.99. The third-order valence-electron chi connectivity index (χ3n) is 5.33. The van der Waals surface area contributed by atoms with Gasteiger partial charge in [-0.1, -0.05) is 18.2 Å². The zero-order chi connectivity index (χ0) is 18.3. The Balaban J connectivity index is 1.61. The molecule has 0 bridgehead atoms. The molecule has 2 N–H and O–H groups in total. The van der Waals surface area contributed by atoms with E-state index >= 15 is 0 Å². The molecule has 5 nitrogen and oxygen atoms in total. The van der Waals surface area contributed by atoms with Gasteiger partial charge in [-0.3, -0.25) is 4.79 Å². The molecule has 1 unspecified atom stereocenters. The molecule has 26 heavy (non-hydrogen) atoms. The van der Waals surface area contributed by atoms with Crippen molar-refractivity contribution >= 4 is 27.5 Å². The summed E-state index contributed by atoms with van der Waals surface area (Å²) in [4.78, 5) is 16.8. The van der Waals surface area contributed by atoms with Crippen LogP contribution in [0.5, 0.6) is 0 Å². The molecule has 1 saturated heterocycles. The fourth-order valence-corrected chi connectivity index (χ4v) is 4.83. The Morgan fingerprint density at radius 2 is 1.96 bits per heavy atom. The standard InChI is InChI=1S/C20H24N4OS/c1-13(21)15-8-10-23(11-9-15)19(25)18-12-17-14(2)22-24(20(17)26-18)16-6-4-3-5-7-16/h3-7,12-13,15H,8-11,21H2,1-2H3. The molecule has 1 aliphatic heterocycles. The molecule has 0 aliphatic carbocycles. The van der Waals surface area contributed by atoms with Crippen LogP contribution in [0.15, 0.2) is 36.4 Å². The number of aromatic nitrogens is 2. The van der Waals surface area contributed by atoms with Crippen molar-refractivity contribution in [2.45, 2.75) is 32.7 Å². The van der Waals surface area contributed by atoms with E-state index in [1.54, 1.807) is 0 Å². The Morgan fingerprint density at radius 1 is 1.27 bits per heavy atom. The van der Waals surface area contributed by atoms with Crippen molar-refractivity contribution in [1.29, 1.82) is 0 Å². The van der Waals surface area contributed by atoms with Crippen molar-refractivity contribution in [3.8, 4) is 5.69 Å². The summed E-state index contributed by atoms with van der Waals surface area (Å²) in [7, 11) is 0. The lowest BCUT2D eigenvalue weighted by molar-refractivity contribution is 0.0686. The molecule has 1 atom stereocenters. The number of nitrogens with zero attached hydrogens (tertiary/aromatic N) is 3. The number of carbonyl (C=O) groups excluding carboxylic acids is 1. The molecule has 1 amide bonds. The highest BCUT2D eigenvalue weighted by atomic mass is 32.1. The number of likely N-dealkylation sites (tertiary alicyclic amines) is 1. The van der Waals surface area contributed by atoms with Crippen molar-refractivity contribution < 1.29 is 4.79 Å². The fraction of sp³-hybridized carbons (Fsp3) is 0.400. The zero-order valence-electron chi connectivity index (χ0n) is 15.2. The summed E-state index contributed by atoms with van der Waals surface area (Å²) in [5.74, 6) is 0.656. The summed E-state index contributed by atoms with van der Waals surface area (Å²) in [5, 5.41) is 5.71. The van der Waals surface area contributed by atoms with Crippen LogP contribution >= 0.6 is 11.3 Å². The average Bonchev–Trinajstić information content (AvgIpc) is 3.23. The van der Waals surface area contributed by atoms with Gasteiger partial charge in [-0.25, -0.2) is 4.68 Å². The van der Waals surface area contributed by atoms with Crippen molar-refractivity contribution in [2.75, 3.05) is 13.1 Å². The maximum absolute atomic E-state index is 13.0. The Labute approximate surface area is 157 Å². The molecule has 1 aromatic carbocycles. The number of aryl methyl sites for hydroxylation is 1. The van der Waals surface area contributed by atoms with Gasteiger partial charge < -0.3 is 10.6 Å². The van der Waals surface area contributed by atoms with Gasteiger partial charge in [0.05, 0.1) is 16.3 Å². The van der Waals surface area contributed by atoms with Crippen LogP contribution in [-0.4, -0.2) is 39.7 Å². The number of benzene rings is 1. The summed E-state index contributed by atoms with van der Waals surface area (Å²) >= 11 is 1.53. The maximum atomic E-state index is 13.0. The SMILES string of the molecule is Cc1nn(-c2ccccc2)c2sc(C(=O)N3CCC(C(C)N)CC3)cc12. The smallest absolute Gasteiger partial charge is 0.264 e. The Kier molecular flexibility index (Phi) is 4.54. The van der Waals surface area contributed by atoms with Crippen LogP contribution in [0.3, 0.4) is 0 Å². The van der Waals surface area contributed by atoms with Crippen LogP contribution in [0.2, 0.25) is 0 Å². The van der Waals surface area contributed by atoms with Crippen molar-refractivity contribution in [3.05, 3.63) is 47.0 Å². The minimum absolute atomic E-state index is 0.133. The van der Waals surface area contributed by atoms with Crippen LogP contribution in [0.25, 0.3) is 15.9 Å². The van der Waals surface area contributed by atoms with E-state index in [-0.39, 0.29) is 11.9 Å². The Hall–Kier alpha value is -2.18. The second-order valence-electron chi connectivity index (χ2n) is 7.15. The normalized spacial score (nSPS) is 17.0. The first-order valence-electron chi connectivity index (χ1n) is 9.14. The summed E-state index contributed by atoms with van der Waals surface area (Å²) in [6.07, 6.45) is 1.98. The minimum atomic E-state index is 0.133. The van der Waals surface area contributed by atoms with Crippen LogP contribution in [0, 0.1) is 12.8 Å². The number of para-hydroxylation sites is 1. The lowest BCUT2D eigenvalue weighted by Crippen LogP contribution is -2.42. The topological polar surface area (TPSA) is 64.2 Å².